The first-order valence-electron chi connectivity index (χ1n) is 45.1. The molecule has 4 aromatic carbocycles. The van der Waals surface area contributed by atoms with Crippen molar-refractivity contribution in [1.82, 2.24) is 63.8 Å². The molecule has 1 saturated heterocycles. The topological polar surface area (TPSA) is 476 Å². The van der Waals surface area contributed by atoms with Gasteiger partial charge in [0.15, 0.2) is 11.6 Å². The third kappa shape index (κ3) is 65.2. The second-order valence-electron chi connectivity index (χ2n) is 33.1. The Morgan fingerprint density at radius 1 is 0.382 bits per heavy atom. The molecule has 0 aromatic heterocycles. The summed E-state index contributed by atoms with van der Waals surface area (Å²) in [6.07, 6.45) is 8.43. The van der Waals surface area contributed by atoms with Crippen molar-refractivity contribution in [2.24, 2.45) is 0 Å². The summed E-state index contributed by atoms with van der Waals surface area (Å²) in [7, 11) is 0. The molecule has 0 radical (unpaired) electrons. The van der Waals surface area contributed by atoms with Crippen molar-refractivity contribution in [2.45, 2.75) is 303 Å². The van der Waals surface area contributed by atoms with Crippen molar-refractivity contribution in [3.05, 3.63) is 144 Å². The smallest absolute Gasteiger partial charge is 0.471 e. The van der Waals surface area contributed by atoms with Crippen molar-refractivity contribution in [3.63, 3.8) is 0 Å². The molecule has 4 aromatic rings. The van der Waals surface area contributed by atoms with E-state index in [2.05, 4.69) is 58.5 Å². The normalized spacial score (nSPS) is 13.5. The van der Waals surface area contributed by atoms with E-state index in [1.807, 2.05) is 130 Å². The first-order valence-corrected chi connectivity index (χ1v) is 45.1. The molecule has 730 valence electrons. The molecule has 12 amide bonds. The molecule has 37 heteroatoms. The number of carboxylic acid groups (broad SMARTS) is 1. The molecular formula is C94H141F3N12O22. The largest absolute Gasteiger partial charge is 0.480 e. The van der Waals surface area contributed by atoms with Crippen LogP contribution in [0.15, 0.2) is 121 Å². The van der Waals surface area contributed by atoms with E-state index >= 15 is 0 Å². The fourth-order valence-corrected chi connectivity index (χ4v) is 12.1. The molecule has 4 atom stereocenters. The molecule has 34 nitrogen and oxygen atoms in total. The van der Waals surface area contributed by atoms with Gasteiger partial charge in [0.1, 0.15) is 49.7 Å². The average molecular weight is 1850 g/mol. The molecule has 0 bridgehead atoms. The number of hydrogen-bond acceptors (Lipinski definition) is 21. The van der Waals surface area contributed by atoms with Gasteiger partial charge in [0.05, 0.1) is 12.1 Å². The van der Waals surface area contributed by atoms with Gasteiger partial charge in [-0.05, 0) is 206 Å². The summed E-state index contributed by atoms with van der Waals surface area (Å²) in [5.74, 6) is -3.78. The van der Waals surface area contributed by atoms with E-state index in [0.29, 0.717) is 149 Å². The number of benzene rings is 4. The van der Waals surface area contributed by atoms with Gasteiger partial charge in [-0.2, -0.15) is 13.2 Å². The predicted octanol–water partition coefficient (Wildman–Crippen LogP) is 13.6. The van der Waals surface area contributed by atoms with Gasteiger partial charge in [0.2, 0.25) is 29.5 Å². The average Bonchev–Trinajstić information content (AvgIpc) is 0.784. The standard InChI is InChI=1S/C26H41N3O6.C25H39N3O7.C23H32F3N3O5.C20H29N3O4/c1-20(30)22(29-25(33)34-19-21-13-7-5-8-14-21)15-10-12-17-27-23(31)16-9-6-11-18-28-24(32)35-26(2,3)4;1-25(2,3)35-23(32)27-17-10-5-8-15-21(29)26-16-11-9-14-20(22(30)31)28-24(33)34-18-19-12-6-4-7-13-19;1-17(30)19(29-22(33)34-16-18-10-4-2-5-11-18)12-7-9-14-27-20(31)13-6-3-8-15-28-21(32)23(24,25)26;24-18-12-5-2-7-14-22-19(25)17(11-6-8-13-21-18)23-20(26)27-15-16-9-3-1-4-10-16/h5,7-8,13-14,22H,6,9-12,15-19H2,1-4H3,(H,27,31)(H,28,32)(H,29,33);4,6-7,12-13,20H,5,8-11,14-18H2,1-3H3,(H,26,29)(H,27,32)(H,28,33)(H,30,31);2,4-5,10-11,19H,3,6-9,12-16H2,1H3,(H,27,31)(H,28,32)(H,29,33);1,3-4,9-10,17H,2,5-8,11-15H2,(H,21,24)(H,22,25)(H,23,26)/t22-;20-;19-;17-/m0000/s1. The van der Waals surface area contributed by atoms with Gasteiger partial charge in [-0.25, -0.2) is 33.6 Å². The Morgan fingerprint density at radius 3 is 1.05 bits per heavy atom. The van der Waals surface area contributed by atoms with Crippen molar-refractivity contribution >= 4 is 89.5 Å². The third-order valence-electron chi connectivity index (χ3n) is 19.1. The Labute approximate surface area is 767 Å². The highest BCUT2D eigenvalue weighted by atomic mass is 19.4. The van der Waals surface area contributed by atoms with Gasteiger partial charge >= 0.3 is 54.6 Å². The van der Waals surface area contributed by atoms with Gasteiger partial charge in [-0.15, -0.1) is 0 Å². The number of rotatable bonds is 48. The maximum Gasteiger partial charge on any atom is 0.471 e. The highest BCUT2D eigenvalue weighted by Crippen LogP contribution is 2.17. The fraction of sp³-hybridized carbons (Fsp3) is 0.585. The predicted molar refractivity (Wildman–Crippen MR) is 485 cm³/mol. The molecular weight excluding hydrogens is 1710 g/mol. The molecule has 5 rings (SSSR count). The minimum atomic E-state index is -4.88. The van der Waals surface area contributed by atoms with Crippen molar-refractivity contribution in [1.29, 1.82) is 0 Å². The van der Waals surface area contributed by atoms with Crippen LogP contribution < -0.4 is 63.8 Å². The van der Waals surface area contributed by atoms with Crippen molar-refractivity contribution in [3.8, 4) is 0 Å². The number of carboxylic acids is 1. The van der Waals surface area contributed by atoms with Gasteiger partial charge in [0.25, 0.3) is 0 Å². The number of carbonyl (C=O) groups excluding carboxylic acids is 14. The molecule has 1 aliphatic heterocycles. The van der Waals surface area contributed by atoms with Crippen LogP contribution in [0.25, 0.3) is 0 Å². The zero-order valence-electron chi connectivity index (χ0n) is 77.3. The monoisotopic (exact) mass is 1850 g/mol. The van der Waals surface area contributed by atoms with E-state index in [9.17, 15) is 90.2 Å². The van der Waals surface area contributed by atoms with E-state index in [1.54, 1.807) is 38.2 Å². The minimum absolute atomic E-state index is 0.0177. The fourth-order valence-electron chi connectivity index (χ4n) is 12.1. The van der Waals surface area contributed by atoms with Gasteiger partial charge in [-0.1, -0.05) is 147 Å². The number of halogens is 3. The molecule has 1 aliphatic rings. The van der Waals surface area contributed by atoms with Crippen LogP contribution in [-0.4, -0.2) is 189 Å². The maximum absolute atomic E-state index is 12.4. The van der Waals surface area contributed by atoms with Crippen LogP contribution >= 0.6 is 0 Å². The summed E-state index contributed by atoms with van der Waals surface area (Å²) in [5.41, 5.74) is 2.36. The second kappa shape index (κ2) is 68.9. The summed E-state index contributed by atoms with van der Waals surface area (Å²) in [5, 5.41) is 40.9. The van der Waals surface area contributed by atoms with Crippen LogP contribution in [0, 0.1) is 0 Å². The SMILES string of the molecule is CC(=O)[C@H](CCCCNC(=O)CCCCCNC(=O)C(F)(F)F)NC(=O)OCc1ccccc1.CC(=O)[C@H](CCCCNC(=O)CCCCCNC(=O)OC(C)(C)C)NC(=O)OCc1ccccc1.CC(C)(C)OC(=O)NCCCCCC(=O)NCCCC[C@H](NC(=O)OCc1ccccc1)C(=O)O.O=C1CCCCCNC(=O)[C@@H](NC(=O)OCc2ccccc2)CCCCN1. The van der Waals surface area contributed by atoms with E-state index in [-0.39, 0.29) is 86.9 Å². The van der Waals surface area contributed by atoms with Crippen LogP contribution in [0.1, 0.15) is 257 Å². The van der Waals surface area contributed by atoms with E-state index in [0.717, 1.165) is 86.5 Å². The van der Waals surface area contributed by atoms with Gasteiger partial charge < -0.3 is 97.3 Å². The third-order valence-corrected chi connectivity index (χ3v) is 19.1. The first kappa shape index (κ1) is 115. The van der Waals surface area contributed by atoms with Crippen LogP contribution in [0.4, 0.5) is 41.9 Å². The van der Waals surface area contributed by atoms with Crippen molar-refractivity contribution < 1.29 is 119 Å². The summed E-state index contributed by atoms with van der Waals surface area (Å²) < 4.78 is 67.0. The van der Waals surface area contributed by atoms with E-state index in [1.165, 1.54) is 13.8 Å². The van der Waals surface area contributed by atoms with Crippen LogP contribution in [0.3, 0.4) is 0 Å². The number of nitrogens with one attached hydrogen (secondary N) is 12. The summed E-state index contributed by atoms with van der Waals surface area (Å²) >= 11 is 0. The Kier molecular flexibility index (Phi) is 60.5. The number of amides is 12. The number of ketones is 2. The molecule has 0 spiro atoms. The maximum atomic E-state index is 12.4. The lowest BCUT2D eigenvalue weighted by molar-refractivity contribution is -0.173. The number of unbranched alkanes of at least 4 members (excludes halogenated alkanes) is 9. The lowest BCUT2D eigenvalue weighted by Gasteiger charge is -2.19. The lowest BCUT2D eigenvalue weighted by atomic mass is 10.1. The number of aliphatic carboxylic acids is 1. The number of hydrogen-bond donors (Lipinski definition) is 13. The van der Waals surface area contributed by atoms with Crippen LogP contribution in [-0.2, 0) is 98.0 Å². The Morgan fingerprint density at radius 2 is 0.702 bits per heavy atom. The molecule has 1 fully saturated rings. The molecule has 0 aliphatic carbocycles. The van der Waals surface area contributed by atoms with Crippen molar-refractivity contribution in [2.75, 3.05) is 52.4 Å². The number of alkyl halides is 3. The van der Waals surface area contributed by atoms with E-state index < -0.39 is 90.0 Å². The molecule has 0 saturated carbocycles. The Hall–Kier alpha value is -12.1. The zero-order valence-corrected chi connectivity index (χ0v) is 77.3. The first-order chi connectivity index (χ1) is 62.4. The number of Topliss-reactive ketones (excluding diaryl/α,β-unsaturated/α-hetero) is 2. The molecule has 131 heavy (non-hydrogen) atoms. The summed E-state index contributed by atoms with van der Waals surface area (Å²) in [4.78, 5) is 176. The molecule has 13 N–H and O–H groups in total. The second-order valence-corrected chi connectivity index (χ2v) is 33.1. The summed E-state index contributed by atoms with van der Waals surface area (Å²) in [6, 6.07) is 34.0. The molecule has 1 heterocycles. The highest BCUT2D eigenvalue weighted by molar-refractivity contribution is 5.87. The number of alkyl carbamates (subject to hydrolysis) is 6. The van der Waals surface area contributed by atoms with Gasteiger partial charge in [0, 0.05) is 78.0 Å². The highest BCUT2D eigenvalue weighted by Gasteiger charge is 2.38. The van der Waals surface area contributed by atoms with E-state index in [4.69, 9.17) is 28.4 Å². The Balaban J connectivity index is 0.000000594. The Bertz CT molecular complexity index is 3860. The quantitative estimate of drug-likeness (QED) is 0.0144. The lowest BCUT2D eigenvalue weighted by Crippen LogP contribution is -2.47. The van der Waals surface area contributed by atoms with Gasteiger partial charge in [-0.3, -0.25) is 38.4 Å². The number of carbonyl (C=O) groups is 15. The summed E-state index contributed by atoms with van der Waals surface area (Å²) in [6.45, 7) is 17.5. The zero-order chi connectivity index (χ0) is 96.9. The van der Waals surface area contributed by atoms with Crippen LogP contribution in [0.5, 0.6) is 0 Å². The molecule has 0 unspecified atom stereocenters. The minimum Gasteiger partial charge on any atom is -0.480 e. The number of ether oxygens (including phenoxy) is 6. The van der Waals surface area contributed by atoms with Crippen LogP contribution in [0.2, 0.25) is 0 Å².